The lowest BCUT2D eigenvalue weighted by Gasteiger charge is -2.32. The molecule has 2 saturated heterocycles. The SMILES string of the molecule is Cc1cccc(-n2cnc3ccc(CN4CCC(c5ccc6c(c5)CN(C5CCC(=O)NC5=O)C6=O)CC4)cc3c2=O)n1. The van der Waals surface area contributed by atoms with Crippen molar-refractivity contribution < 1.29 is 14.4 Å². The Bertz CT molecular complexity index is 1840. The summed E-state index contributed by atoms with van der Waals surface area (Å²) in [6, 6.07) is 17.0. The number of piperidine rings is 2. The van der Waals surface area contributed by atoms with Gasteiger partial charge in [-0.25, -0.2) is 9.97 Å². The second-order valence-corrected chi connectivity index (χ2v) is 11.8. The Morgan fingerprint density at radius 3 is 2.58 bits per heavy atom. The highest BCUT2D eigenvalue weighted by Crippen LogP contribution is 2.34. The van der Waals surface area contributed by atoms with E-state index in [1.165, 1.54) is 16.5 Å². The number of rotatable bonds is 5. The van der Waals surface area contributed by atoms with Gasteiger partial charge in [0.15, 0.2) is 0 Å². The van der Waals surface area contributed by atoms with E-state index in [4.69, 9.17) is 0 Å². The van der Waals surface area contributed by atoms with E-state index < -0.39 is 6.04 Å². The van der Waals surface area contributed by atoms with Gasteiger partial charge in [0.1, 0.15) is 18.2 Å². The van der Waals surface area contributed by atoms with E-state index in [0.717, 1.165) is 49.3 Å². The van der Waals surface area contributed by atoms with E-state index in [1.54, 1.807) is 4.90 Å². The summed E-state index contributed by atoms with van der Waals surface area (Å²) in [6.45, 7) is 4.88. The highest BCUT2D eigenvalue weighted by molar-refractivity contribution is 6.05. The van der Waals surface area contributed by atoms with Gasteiger partial charge in [-0.15, -0.1) is 0 Å². The van der Waals surface area contributed by atoms with Crippen LogP contribution in [0.4, 0.5) is 0 Å². The van der Waals surface area contributed by atoms with E-state index >= 15 is 0 Å². The minimum Gasteiger partial charge on any atom is -0.322 e. The predicted octanol–water partition coefficient (Wildman–Crippen LogP) is 3.23. The molecule has 1 unspecified atom stereocenters. The Labute approximate surface area is 248 Å². The monoisotopic (exact) mass is 576 g/mol. The molecule has 2 aromatic heterocycles. The maximum Gasteiger partial charge on any atom is 0.266 e. The number of amides is 3. The summed E-state index contributed by atoms with van der Waals surface area (Å²) >= 11 is 0. The predicted molar refractivity (Wildman–Crippen MR) is 160 cm³/mol. The summed E-state index contributed by atoms with van der Waals surface area (Å²) in [5.74, 6) is 0.137. The van der Waals surface area contributed by atoms with Crippen LogP contribution in [0.25, 0.3) is 16.7 Å². The van der Waals surface area contributed by atoms with Gasteiger partial charge >= 0.3 is 0 Å². The van der Waals surface area contributed by atoms with Crippen LogP contribution in [0.1, 0.15) is 64.3 Å². The number of fused-ring (bicyclic) bond motifs is 2. The van der Waals surface area contributed by atoms with Gasteiger partial charge in [-0.3, -0.25) is 34.0 Å². The van der Waals surface area contributed by atoms with Crippen LogP contribution < -0.4 is 10.9 Å². The first-order valence-electron chi connectivity index (χ1n) is 14.8. The number of benzene rings is 2. The molecular weight excluding hydrogens is 544 g/mol. The van der Waals surface area contributed by atoms with E-state index in [1.807, 2.05) is 49.4 Å². The van der Waals surface area contributed by atoms with Crippen molar-refractivity contribution in [1.29, 1.82) is 0 Å². The summed E-state index contributed by atoms with van der Waals surface area (Å²) in [7, 11) is 0. The number of carbonyl (C=O) groups excluding carboxylic acids is 3. The molecule has 218 valence electrons. The van der Waals surface area contributed by atoms with E-state index in [9.17, 15) is 19.2 Å². The van der Waals surface area contributed by atoms with E-state index in [0.29, 0.717) is 41.2 Å². The van der Waals surface area contributed by atoms with Gasteiger partial charge in [-0.2, -0.15) is 0 Å². The minimum absolute atomic E-state index is 0.130. The molecule has 10 nitrogen and oxygen atoms in total. The van der Waals surface area contributed by atoms with Crippen LogP contribution in [0.3, 0.4) is 0 Å². The Hall–Kier alpha value is -4.70. The molecule has 1 atom stereocenters. The maximum absolute atomic E-state index is 13.3. The Balaban J connectivity index is 1.02. The third-order valence-electron chi connectivity index (χ3n) is 8.96. The number of imide groups is 1. The van der Waals surface area contributed by atoms with Crippen LogP contribution in [0.2, 0.25) is 0 Å². The number of hydrogen-bond donors (Lipinski definition) is 1. The first kappa shape index (κ1) is 27.2. The zero-order chi connectivity index (χ0) is 29.7. The van der Waals surface area contributed by atoms with Crippen molar-refractivity contribution in [2.75, 3.05) is 13.1 Å². The summed E-state index contributed by atoms with van der Waals surface area (Å²) in [6.07, 6.45) is 4.14. The number of aromatic nitrogens is 3. The lowest BCUT2D eigenvalue weighted by atomic mass is 9.87. The van der Waals surface area contributed by atoms with Gasteiger partial charge in [-0.1, -0.05) is 24.3 Å². The lowest BCUT2D eigenvalue weighted by molar-refractivity contribution is -0.136. The zero-order valence-electron chi connectivity index (χ0n) is 24.0. The van der Waals surface area contributed by atoms with Gasteiger partial charge in [0.05, 0.1) is 10.9 Å². The third kappa shape index (κ3) is 5.12. The molecule has 0 aliphatic carbocycles. The van der Waals surface area contributed by atoms with Gasteiger partial charge in [0, 0.05) is 30.8 Å². The molecule has 0 saturated carbocycles. The molecule has 5 heterocycles. The highest BCUT2D eigenvalue weighted by Gasteiger charge is 2.39. The van der Waals surface area contributed by atoms with E-state index in [2.05, 4.69) is 32.3 Å². The first-order chi connectivity index (χ1) is 20.8. The smallest absolute Gasteiger partial charge is 0.266 e. The molecule has 2 aromatic carbocycles. The second-order valence-electron chi connectivity index (χ2n) is 11.8. The van der Waals surface area contributed by atoms with Gasteiger partial charge in [0.25, 0.3) is 11.5 Å². The Morgan fingerprint density at radius 1 is 0.953 bits per heavy atom. The van der Waals surface area contributed by atoms with Crippen molar-refractivity contribution in [2.24, 2.45) is 0 Å². The molecule has 4 aromatic rings. The molecule has 2 fully saturated rings. The average Bonchev–Trinajstić information content (AvgIpc) is 3.33. The van der Waals surface area contributed by atoms with Crippen LogP contribution in [0.15, 0.2) is 65.7 Å². The number of nitrogens with one attached hydrogen (secondary N) is 1. The number of nitrogens with zero attached hydrogens (tertiary/aromatic N) is 5. The van der Waals surface area contributed by atoms with Crippen molar-refractivity contribution >= 4 is 28.6 Å². The fourth-order valence-electron chi connectivity index (χ4n) is 6.62. The van der Waals surface area contributed by atoms with Crippen molar-refractivity contribution in [3.8, 4) is 5.82 Å². The lowest BCUT2D eigenvalue weighted by Crippen LogP contribution is -2.52. The molecule has 7 rings (SSSR count). The molecule has 0 radical (unpaired) electrons. The summed E-state index contributed by atoms with van der Waals surface area (Å²) in [5.41, 5.74) is 5.27. The van der Waals surface area contributed by atoms with Gasteiger partial charge in [0.2, 0.25) is 11.8 Å². The van der Waals surface area contributed by atoms with E-state index in [-0.39, 0.29) is 29.7 Å². The number of hydrogen-bond acceptors (Lipinski definition) is 7. The average molecular weight is 577 g/mol. The van der Waals surface area contributed by atoms with Gasteiger partial charge < -0.3 is 4.90 Å². The normalized spacial score (nSPS) is 19.6. The summed E-state index contributed by atoms with van der Waals surface area (Å²) in [5, 5.41) is 2.94. The fraction of sp³-hybridized carbons (Fsp3) is 0.333. The Kier molecular flexibility index (Phi) is 6.85. The van der Waals surface area contributed by atoms with Crippen LogP contribution in [0, 0.1) is 6.92 Å². The standard InChI is InChI=1S/C33H32N6O4/c1-20-3-2-4-29(35-20)39-19-34-27-8-5-21(15-26(27)33(39)43)17-37-13-11-22(12-14-37)23-6-7-25-24(16-23)18-38(32(25)42)28-9-10-30(40)36-31(28)41/h2-8,15-16,19,22,28H,9-14,17-18H2,1H3,(H,36,40,41). The molecule has 0 bridgehead atoms. The number of carbonyl (C=O) groups is 3. The topological polar surface area (TPSA) is 117 Å². The molecule has 1 N–H and O–H groups in total. The largest absolute Gasteiger partial charge is 0.322 e. The molecule has 10 heteroatoms. The van der Waals surface area contributed by atoms with Crippen molar-refractivity contribution in [3.63, 3.8) is 0 Å². The quantitative estimate of drug-likeness (QED) is 0.363. The highest BCUT2D eigenvalue weighted by atomic mass is 16.2. The minimum atomic E-state index is -0.600. The number of aryl methyl sites for hydroxylation is 1. The van der Waals surface area contributed by atoms with Crippen molar-refractivity contribution in [2.45, 2.75) is 57.7 Å². The fourth-order valence-corrected chi connectivity index (χ4v) is 6.62. The van der Waals surface area contributed by atoms with Crippen LogP contribution in [-0.2, 0) is 22.7 Å². The second kappa shape index (κ2) is 10.9. The molecule has 3 amide bonds. The third-order valence-corrected chi connectivity index (χ3v) is 8.96. The van der Waals surface area contributed by atoms with Crippen LogP contribution in [0.5, 0.6) is 0 Å². The Morgan fingerprint density at radius 2 is 1.79 bits per heavy atom. The molecular formula is C33H32N6O4. The van der Waals surface area contributed by atoms with Crippen LogP contribution in [-0.4, -0.2) is 61.2 Å². The number of pyridine rings is 1. The molecule has 0 spiro atoms. The molecule has 43 heavy (non-hydrogen) atoms. The summed E-state index contributed by atoms with van der Waals surface area (Å²) < 4.78 is 1.50. The zero-order valence-corrected chi connectivity index (χ0v) is 24.0. The number of likely N-dealkylation sites (tertiary alicyclic amines) is 1. The van der Waals surface area contributed by atoms with Crippen molar-refractivity contribution in [3.05, 3.63) is 99.2 Å². The van der Waals surface area contributed by atoms with Gasteiger partial charge in [-0.05, 0) is 92.2 Å². The molecule has 3 aliphatic rings. The first-order valence-corrected chi connectivity index (χ1v) is 14.8. The maximum atomic E-state index is 13.3. The molecule has 3 aliphatic heterocycles. The van der Waals surface area contributed by atoms with Crippen LogP contribution >= 0.6 is 0 Å². The summed E-state index contributed by atoms with van der Waals surface area (Å²) in [4.78, 5) is 63.3. The van der Waals surface area contributed by atoms with Crippen molar-refractivity contribution in [1.82, 2.24) is 29.7 Å².